The van der Waals surface area contributed by atoms with Crippen LogP contribution in [0.25, 0.3) is 22.8 Å². The molecule has 6 nitrogen and oxygen atoms in total. The van der Waals surface area contributed by atoms with Crippen LogP contribution >= 0.6 is 0 Å². The summed E-state index contributed by atoms with van der Waals surface area (Å²) in [5, 5.41) is 0. The molecule has 2 aromatic carbocycles. The molecule has 0 aliphatic carbocycles. The Morgan fingerprint density at radius 1 is 1.13 bits per heavy atom. The van der Waals surface area contributed by atoms with Gasteiger partial charge in [-0.15, -0.1) is 0 Å². The Labute approximate surface area is 179 Å². The molecule has 4 rings (SSSR count). The third-order valence-corrected chi connectivity index (χ3v) is 5.42. The van der Waals surface area contributed by atoms with Gasteiger partial charge >= 0.3 is 5.97 Å². The van der Waals surface area contributed by atoms with Crippen LogP contribution in [-0.4, -0.2) is 41.5 Å². The number of piperidine rings is 1. The van der Waals surface area contributed by atoms with E-state index in [-0.39, 0.29) is 23.6 Å². The number of rotatable bonds is 5. The number of benzene rings is 2. The Morgan fingerprint density at radius 2 is 1.84 bits per heavy atom. The van der Waals surface area contributed by atoms with Gasteiger partial charge in [0.05, 0.1) is 24.3 Å². The molecule has 1 aromatic heterocycles. The highest BCUT2D eigenvalue weighted by molar-refractivity contribution is 6.00. The zero-order valence-electron chi connectivity index (χ0n) is 17.2. The van der Waals surface area contributed by atoms with Crippen LogP contribution in [0.4, 0.5) is 4.39 Å². The summed E-state index contributed by atoms with van der Waals surface area (Å²) in [6.07, 6.45) is 2.73. The smallest absolute Gasteiger partial charge is 0.309 e. The van der Waals surface area contributed by atoms with Gasteiger partial charge in [-0.3, -0.25) is 9.59 Å². The lowest BCUT2D eigenvalue weighted by Gasteiger charge is -2.31. The number of hydrogen-bond donors (Lipinski definition) is 0. The van der Waals surface area contributed by atoms with Crippen molar-refractivity contribution in [3.05, 3.63) is 66.1 Å². The van der Waals surface area contributed by atoms with E-state index in [0.29, 0.717) is 60.9 Å². The number of esters is 1. The quantitative estimate of drug-likeness (QED) is 0.564. The molecule has 0 radical (unpaired) electrons. The van der Waals surface area contributed by atoms with Crippen LogP contribution in [0.15, 0.2) is 59.1 Å². The molecule has 31 heavy (non-hydrogen) atoms. The number of oxazole rings is 1. The molecule has 1 saturated heterocycles. The minimum atomic E-state index is -0.328. The summed E-state index contributed by atoms with van der Waals surface area (Å²) >= 11 is 0. The number of ether oxygens (including phenoxy) is 1. The van der Waals surface area contributed by atoms with Gasteiger partial charge in [0, 0.05) is 24.2 Å². The van der Waals surface area contributed by atoms with Crippen LogP contribution < -0.4 is 0 Å². The topological polar surface area (TPSA) is 72.6 Å². The van der Waals surface area contributed by atoms with Crippen LogP contribution in [-0.2, 0) is 9.53 Å². The molecule has 3 aromatic rings. The first-order chi connectivity index (χ1) is 15.1. The minimum Gasteiger partial charge on any atom is -0.466 e. The van der Waals surface area contributed by atoms with Crippen LogP contribution in [0.3, 0.4) is 0 Å². The van der Waals surface area contributed by atoms with Crippen molar-refractivity contribution in [2.45, 2.75) is 19.8 Å². The van der Waals surface area contributed by atoms with Crippen LogP contribution in [0.1, 0.15) is 30.1 Å². The fourth-order valence-electron chi connectivity index (χ4n) is 3.75. The molecule has 0 bridgehead atoms. The summed E-state index contributed by atoms with van der Waals surface area (Å²) in [5.41, 5.74) is 1.78. The van der Waals surface area contributed by atoms with E-state index in [9.17, 15) is 14.0 Å². The van der Waals surface area contributed by atoms with Crippen molar-refractivity contribution in [2.75, 3.05) is 19.7 Å². The van der Waals surface area contributed by atoms with E-state index in [1.165, 1.54) is 12.1 Å². The number of likely N-dealkylation sites (tertiary alicyclic amines) is 1. The average Bonchev–Trinajstić information content (AvgIpc) is 3.29. The summed E-state index contributed by atoms with van der Waals surface area (Å²) in [4.78, 5) is 31.2. The second kappa shape index (κ2) is 9.12. The van der Waals surface area contributed by atoms with Crippen molar-refractivity contribution in [1.82, 2.24) is 9.88 Å². The van der Waals surface area contributed by atoms with Gasteiger partial charge in [-0.2, -0.15) is 0 Å². The molecule has 1 aliphatic rings. The van der Waals surface area contributed by atoms with Crippen molar-refractivity contribution < 1.29 is 23.1 Å². The number of carbonyl (C=O) groups is 2. The molecule has 1 fully saturated rings. The van der Waals surface area contributed by atoms with Gasteiger partial charge in [-0.05, 0) is 56.2 Å². The van der Waals surface area contributed by atoms with E-state index < -0.39 is 0 Å². The molecule has 0 N–H and O–H groups in total. The summed E-state index contributed by atoms with van der Waals surface area (Å²) in [6, 6.07) is 13.1. The van der Waals surface area contributed by atoms with Gasteiger partial charge in [0.2, 0.25) is 5.89 Å². The van der Waals surface area contributed by atoms with E-state index in [0.717, 1.165) is 0 Å². The van der Waals surface area contributed by atoms with Gasteiger partial charge in [0.25, 0.3) is 5.91 Å². The second-order valence-corrected chi connectivity index (χ2v) is 7.40. The predicted octanol–water partition coefficient (Wildman–Crippen LogP) is 4.56. The molecule has 0 saturated carbocycles. The zero-order chi connectivity index (χ0) is 21.8. The second-order valence-electron chi connectivity index (χ2n) is 7.40. The predicted molar refractivity (Wildman–Crippen MR) is 113 cm³/mol. The maximum atomic E-state index is 13.2. The standard InChI is InChI=1S/C24H23FN2O4/c1-2-30-24(29)17-11-13-27(14-12-17)23(28)20-6-4-3-5-19(20)22-26-15-21(31-22)16-7-9-18(25)10-8-16/h3-10,15,17H,2,11-14H2,1H3. The molecular formula is C24H23FN2O4. The van der Waals surface area contributed by atoms with Gasteiger partial charge in [-0.1, -0.05) is 12.1 Å². The lowest BCUT2D eigenvalue weighted by molar-refractivity contribution is -0.149. The number of nitrogens with zero attached hydrogens (tertiary/aromatic N) is 2. The van der Waals surface area contributed by atoms with Crippen molar-refractivity contribution in [1.29, 1.82) is 0 Å². The third kappa shape index (κ3) is 4.50. The van der Waals surface area contributed by atoms with Crippen molar-refractivity contribution in [3.63, 3.8) is 0 Å². The zero-order valence-corrected chi connectivity index (χ0v) is 17.2. The van der Waals surface area contributed by atoms with Crippen molar-refractivity contribution in [2.24, 2.45) is 5.92 Å². The van der Waals surface area contributed by atoms with Crippen LogP contribution in [0, 0.1) is 11.7 Å². The maximum absolute atomic E-state index is 13.2. The monoisotopic (exact) mass is 422 g/mol. The SMILES string of the molecule is CCOC(=O)C1CCN(C(=O)c2ccccc2-c2ncc(-c3ccc(F)cc3)o2)CC1. The Morgan fingerprint density at radius 3 is 2.55 bits per heavy atom. The van der Waals surface area contributed by atoms with Gasteiger partial charge < -0.3 is 14.1 Å². The number of halogens is 1. The van der Waals surface area contributed by atoms with Crippen molar-refractivity contribution in [3.8, 4) is 22.8 Å². The van der Waals surface area contributed by atoms with E-state index >= 15 is 0 Å². The highest BCUT2D eigenvalue weighted by Crippen LogP contribution is 2.30. The lowest BCUT2D eigenvalue weighted by Crippen LogP contribution is -2.40. The van der Waals surface area contributed by atoms with Crippen molar-refractivity contribution >= 4 is 11.9 Å². The molecular weight excluding hydrogens is 399 g/mol. The van der Waals surface area contributed by atoms with E-state index in [1.54, 1.807) is 48.4 Å². The maximum Gasteiger partial charge on any atom is 0.309 e. The van der Waals surface area contributed by atoms with Gasteiger partial charge in [0.15, 0.2) is 5.76 Å². The lowest BCUT2D eigenvalue weighted by atomic mass is 9.96. The first kappa shape index (κ1) is 20.8. The molecule has 1 aliphatic heterocycles. The van der Waals surface area contributed by atoms with Gasteiger partial charge in [-0.25, -0.2) is 9.37 Å². The molecule has 0 spiro atoms. The van der Waals surface area contributed by atoms with E-state index in [2.05, 4.69) is 4.98 Å². The first-order valence-corrected chi connectivity index (χ1v) is 10.3. The van der Waals surface area contributed by atoms with Gasteiger partial charge in [0.1, 0.15) is 5.82 Å². The summed E-state index contributed by atoms with van der Waals surface area (Å²) < 4.78 is 24.2. The summed E-state index contributed by atoms with van der Waals surface area (Å²) in [6.45, 7) is 3.13. The minimum absolute atomic E-state index is 0.126. The summed E-state index contributed by atoms with van der Waals surface area (Å²) in [7, 11) is 0. The Bertz CT molecular complexity index is 1070. The fraction of sp³-hybridized carbons (Fsp3) is 0.292. The fourth-order valence-corrected chi connectivity index (χ4v) is 3.75. The molecule has 0 atom stereocenters. The molecule has 7 heteroatoms. The highest BCUT2D eigenvalue weighted by Gasteiger charge is 2.30. The van der Waals surface area contributed by atoms with Crippen LogP contribution in [0.2, 0.25) is 0 Å². The Balaban J connectivity index is 1.52. The number of carbonyl (C=O) groups excluding carboxylic acids is 2. The molecule has 2 heterocycles. The first-order valence-electron chi connectivity index (χ1n) is 10.3. The Hall–Kier alpha value is -3.48. The average molecular weight is 422 g/mol. The summed E-state index contributed by atoms with van der Waals surface area (Å²) in [5.74, 6) is 0.00939. The normalized spacial score (nSPS) is 14.5. The number of amides is 1. The number of hydrogen-bond acceptors (Lipinski definition) is 5. The van der Waals surface area contributed by atoms with E-state index in [1.807, 2.05) is 6.07 Å². The molecule has 1 amide bonds. The van der Waals surface area contributed by atoms with Crippen LogP contribution in [0.5, 0.6) is 0 Å². The molecule has 160 valence electrons. The Kier molecular flexibility index (Phi) is 6.11. The third-order valence-electron chi connectivity index (χ3n) is 5.42. The highest BCUT2D eigenvalue weighted by atomic mass is 19.1. The number of aromatic nitrogens is 1. The molecule has 0 unspecified atom stereocenters. The van der Waals surface area contributed by atoms with E-state index in [4.69, 9.17) is 9.15 Å². The largest absolute Gasteiger partial charge is 0.466 e.